The van der Waals surface area contributed by atoms with Crippen molar-refractivity contribution in [2.45, 2.75) is 12.8 Å². The summed E-state index contributed by atoms with van der Waals surface area (Å²) in [5.74, 6) is 1.08. The minimum atomic E-state index is 0. The van der Waals surface area contributed by atoms with Crippen LogP contribution in [0.1, 0.15) is 12.0 Å². The summed E-state index contributed by atoms with van der Waals surface area (Å²) in [5.41, 5.74) is 1.36. The van der Waals surface area contributed by atoms with Gasteiger partial charge in [0.05, 0.1) is 6.61 Å². The summed E-state index contributed by atoms with van der Waals surface area (Å²) in [7, 11) is 0. The Balaban J connectivity index is 0.000000605. The third-order valence-electron chi connectivity index (χ3n) is 1.82. The normalized spacial score (nSPS) is 13.0. The number of hydrogen-bond donors (Lipinski definition) is 0. The maximum atomic E-state index is 5.42. The molecule has 0 radical (unpaired) electrons. The molecule has 2 rings (SSSR count). The average Bonchev–Trinajstić information content (AvgIpc) is 2.05. The molecule has 0 spiro atoms. The summed E-state index contributed by atoms with van der Waals surface area (Å²) >= 11 is 0. The first-order valence-electron chi connectivity index (χ1n) is 3.67. The van der Waals surface area contributed by atoms with Gasteiger partial charge in [0.1, 0.15) is 5.75 Å². The molecule has 0 saturated carbocycles. The molecule has 1 aromatic carbocycles. The van der Waals surface area contributed by atoms with Gasteiger partial charge in [0.15, 0.2) is 0 Å². The predicted octanol–water partition coefficient (Wildman–Crippen LogP) is 0.825. The molecule has 0 unspecified atom stereocenters. The number of rotatable bonds is 0. The van der Waals surface area contributed by atoms with Crippen molar-refractivity contribution in [3.8, 4) is 5.75 Å². The van der Waals surface area contributed by atoms with Crippen LogP contribution in [0.15, 0.2) is 24.3 Å². The zero-order chi connectivity index (χ0) is 6.81. The van der Waals surface area contributed by atoms with E-state index in [4.69, 9.17) is 4.74 Å². The average molecular weight is 402 g/mol. The van der Waals surface area contributed by atoms with E-state index in [1.54, 1.807) is 0 Å². The zero-order valence-corrected chi connectivity index (χ0v) is 13.5. The van der Waals surface area contributed by atoms with Gasteiger partial charge in [-0.3, -0.25) is 0 Å². The molecule has 0 N–H and O–H groups in total. The van der Waals surface area contributed by atoms with Gasteiger partial charge < -0.3 is 4.74 Å². The van der Waals surface area contributed by atoms with Gasteiger partial charge in [0.25, 0.3) is 0 Å². The fourth-order valence-electron chi connectivity index (χ4n) is 1.30. The van der Waals surface area contributed by atoms with E-state index in [1.165, 1.54) is 12.0 Å². The molecule has 1 aliphatic heterocycles. The van der Waals surface area contributed by atoms with Crippen LogP contribution in [0.2, 0.25) is 0 Å². The number of ether oxygens (including phenoxy) is 1. The van der Waals surface area contributed by atoms with Gasteiger partial charge in [0.2, 0.25) is 0 Å². The first kappa shape index (κ1) is 12.4. The maximum Gasteiger partial charge on any atom is 0.122 e. The van der Waals surface area contributed by atoms with E-state index in [1.807, 2.05) is 12.1 Å². The molecule has 0 saturated heterocycles. The maximum absolute atomic E-state index is 5.42. The molecule has 0 bridgehead atoms. The molecule has 1 aliphatic rings. The van der Waals surface area contributed by atoms with Crippen LogP contribution in [0.4, 0.5) is 0 Å². The predicted molar refractivity (Wildman–Crippen MR) is 50.2 cm³/mol. The largest absolute Gasteiger partial charge is 0.493 e. The fraction of sp³-hybridized carbons (Fsp3) is 0.333. The second-order valence-electron chi connectivity index (χ2n) is 2.56. The second kappa shape index (κ2) is 5.97. The summed E-state index contributed by atoms with van der Waals surface area (Å²) in [6.07, 6.45) is 2.34. The standard InChI is InChI=1S/C9H10O.Bi.Fe.3H/c1-2-6-9-8(4-1)5-3-7-10-9;;;;;/h1-2,4,6H,3,5,7H2;;;;;. The second-order valence-corrected chi connectivity index (χ2v) is 2.56. The summed E-state index contributed by atoms with van der Waals surface area (Å²) in [4.78, 5) is 0. The molecule has 0 aromatic heterocycles. The molecule has 3 heteroatoms. The van der Waals surface area contributed by atoms with Gasteiger partial charge in [-0.05, 0) is 24.5 Å². The Kier molecular flexibility index (Phi) is 6.18. The SMILES string of the molecule is [BiH3].[Fe].c1ccc2c(c1)CCCO2. The van der Waals surface area contributed by atoms with E-state index in [9.17, 15) is 0 Å². The van der Waals surface area contributed by atoms with E-state index < -0.39 is 0 Å². The topological polar surface area (TPSA) is 9.23 Å². The van der Waals surface area contributed by atoms with Crippen LogP contribution in [0, 0.1) is 0 Å². The Morgan fingerprint density at radius 1 is 1.17 bits per heavy atom. The number of hydrogen-bond acceptors (Lipinski definition) is 1. The summed E-state index contributed by atoms with van der Waals surface area (Å²) in [6, 6.07) is 8.25. The van der Waals surface area contributed by atoms with Crippen LogP contribution in [-0.4, -0.2) is 32.8 Å². The molecule has 1 aromatic rings. The number of aryl methyl sites for hydroxylation is 1. The minimum Gasteiger partial charge on any atom is -0.493 e. The van der Waals surface area contributed by atoms with Gasteiger partial charge in [-0.15, -0.1) is 0 Å². The minimum absolute atomic E-state index is 0. The Morgan fingerprint density at radius 3 is 2.67 bits per heavy atom. The summed E-state index contributed by atoms with van der Waals surface area (Å²) < 4.78 is 5.42. The van der Waals surface area contributed by atoms with Crippen molar-refractivity contribution >= 4 is 26.2 Å². The van der Waals surface area contributed by atoms with Crippen LogP contribution < -0.4 is 4.74 Å². The quantitative estimate of drug-likeness (QED) is 0.585. The first-order chi connectivity index (χ1) is 4.97. The van der Waals surface area contributed by atoms with Crippen molar-refractivity contribution in [3.05, 3.63) is 29.8 Å². The van der Waals surface area contributed by atoms with Gasteiger partial charge in [-0.1, -0.05) is 18.2 Å². The van der Waals surface area contributed by atoms with Crippen molar-refractivity contribution in [1.29, 1.82) is 0 Å². The summed E-state index contributed by atoms with van der Waals surface area (Å²) in [6.45, 7) is 0.886. The number of para-hydroxylation sites is 1. The fourth-order valence-corrected chi connectivity index (χ4v) is 1.30. The van der Waals surface area contributed by atoms with Gasteiger partial charge in [0, 0.05) is 17.1 Å². The molecule has 0 amide bonds. The van der Waals surface area contributed by atoms with Crippen LogP contribution in [-0.2, 0) is 23.5 Å². The third kappa shape index (κ3) is 2.73. The van der Waals surface area contributed by atoms with E-state index in [2.05, 4.69) is 12.1 Å². The Bertz CT molecular complexity index is 215. The molecule has 1 heterocycles. The molecule has 12 heavy (non-hydrogen) atoms. The molecule has 0 atom stereocenters. The van der Waals surface area contributed by atoms with Crippen LogP contribution in [0.25, 0.3) is 0 Å². The third-order valence-corrected chi connectivity index (χ3v) is 1.82. The smallest absolute Gasteiger partial charge is 0.122 e. The number of fused-ring (bicyclic) bond motifs is 1. The van der Waals surface area contributed by atoms with Gasteiger partial charge in [-0.2, -0.15) is 0 Å². The van der Waals surface area contributed by atoms with Crippen molar-refractivity contribution in [3.63, 3.8) is 0 Å². The van der Waals surface area contributed by atoms with E-state index in [0.29, 0.717) is 0 Å². The molecular weight excluding hydrogens is 389 g/mol. The van der Waals surface area contributed by atoms with Crippen molar-refractivity contribution < 1.29 is 21.8 Å². The van der Waals surface area contributed by atoms with Crippen LogP contribution in [0.3, 0.4) is 0 Å². The Labute approximate surface area is 102 Å². The zero-order valence-electron chi connectivity index (χ0n) is 6.90. The molecule has 0 fully saturated rings. The van der Waals surface area contributed by atoms with Crippen molar-refractivity contribution in [2.75, 3.05) is 6.61 Å². The Hall–Kier alpha value is 0.423. The molecule has 0 aliphatic carbocycles. The first-order valence-corrected chi connectivity index (χ1v) is 3.67. The summed E-state index contributed by atoms with van der Waals surface area (Å²) in [5, 5.41) is 0. The van der Waals surface area contributed by atoms with Crippen molar-refractivity contribution in [2.24, 2.45) is 0 Å². The monoisotopic (exact) mass is 402 g/mol. The molecule has 68 valence electrons. The van der Waals surface area contributed by atoms with Gasteiger partial charge >= 0.3 is 26.2 Å². The Morgan fingerprint density at radius 2 is 1.92 bits per heavy atom. The van der Waals surface area contributed by atoms with E-state index in [0.717, 1.165) is 18.8 Å². The van der Waals surface area contributed by atoms with E-state index in [-0.39, 0.29) is 43.3 Å². The van der Waals surface area contributed by atoms with Crippen LogP contribution >= 0.6 is 0 Å². The van der Waals surface area contributed by atoms with Gasteiger partial charge in [-0.25, -0.2) is 0 Å². The molecule has 1 nitrogen and oxygen atoms in total. The van der Waals surface area contributed by atoms with Crippen molar-refractivity contribution in [1.82, 2.24) is 0 Å². The van der Waals surface area contributed by atoms with E-state index >= 15 is 0 Å². The van der Waals surface area contributed by atoms with Crippen LogP contribution in [0.5, 0.6) is 5.75 Å². The molecular formula is C9H13BiFeO. The number of benzene rings is 1.